The maximum atomic E-state index is 6.89. The van der Waals surface area contributed by atoms with Crippen LogP contribution in [0.2, 0.25) is 0 Å². The SMILES string of the molecule is [C-]#Cc1cc(C)cc(C)c1.[Cu+]. The fourth-order valence-electron chi connectivity index (χ4n) is 1.05. The summed E-state index contributed by atoms with van der Waals surface area (Å²) in [5.74, 6) is 2.36. The number of hydrogen-bond acceptors (Lipinski definition) is 0. The zero-order chi connectivity index (χ0) is 7.56. The molecular formula is C10H9Cu. The van der Waals surface area contributed by atoms with Crippen LogP contribution in [0.3, 0.4) is 0 Å². The number of benzene rings is 1. The molecule has 0 saturated carbocycles. The van der Waals surface area contributed by atoms with Gasteiger partial charge in [-0.25, -0.2) is 0 Å². The van der Waals surface area contributed by atoms with Crippen LogP contribution in [0.1, 0.15) is 16.7 Å². The van der Waals surface area contributed by atoms with Gasteiger partial charge in [0.1, 0.15) is 0 Å². The molecule has 0 aromatic heterocycles. The fraction of sp³-hybridized carbons (Fsp3) is 0.200. The Bertz CT molecular complexity index is 261. The molecule has 1 aromatic carbocycles. The first-order valence-electron chi connectivity index (χ1n) is 3.23. The molecule has 0 aliphatic heterocycles. The first-order valence-corrected chi connectivity index (χ1v) is 3.23. The van der Waals surface area contributed by atoms with Crippen LogP contribution in [0.25, 0.3) is 0 Å². The second-order valence-electron chi connectivity index (χ2n) is 2.50. The number of aryl methyl sites for hydroxylation is 2. The summed E-state index contributed by atoms with van der Waals surface area (Å²) in [5.41, 5.74) is 3.24. The summed E-state index contributed by atoms with van der Waals surface area (Å²) in [5, 5.41) is 0. The maximum Gasteiger partial charge on any atom is 1.00 e. The van der Waals surface area contributed by atoms with E-state index in [-0.39, 0.29) is 17.1 Å². The molecule has 0 N–H and O–H groups in total. The molecule has 0 aliphatic carbocycles. The third-order valence-corrected chi connectivity index (χ3v) is 1.37. The summed E-state index contributed by atoms with van der Waals surface area (Å²) >= 11 is 0. The van der Waals surface area contributed by atoms with E-state index in [1.165, 1.54) is 11.1 Å². The van der Waals surface area contributed by atoms with Crippen molar-refractivity contribution in [1.82, 2.24) is 0 Å². The molecule has 0 spiro atoms. The van der Waals surface area contributed by atoms with E-state index in [0.29, 0.717) is 0 Å². The Morgan fingerprint density at radius 2 is 1.55 bits per heavy atom. The van der Waals surface area contributed by atoms with E-state index >= 15 is 0 Å². The average molecular weight is 193 g/mol. The van der Waals surface area contributed by atoms with Crippen molar-refractivity contribution < 1.29 is 17.1 Å². The minimum Gasteiger partial charge on any atom is -0.366 e. The Balaban J connectivity index is 0.000001000. The minimum absolute atomic E-state index is 0. The van der Waals surface area contributed by atoms with Crippen LogP contribution in [0.5, 0.6) is 0 Å². The van der Waals surface area contributed by atoms with Gasteiger partial charge in [-0.05, 0) is 13.8 Å². The van der Waals surface area contributed by atoms with Crippen molar-refractivity contribution in [3.63, 3.8) is 0 Å². The van der Waals surface area contributed by atoms with Gasteiger partial charge in [-0.15, -0.1) is 17.7 Å². The molecule has 1 rings (SSSR count). The normalized spacial score (nSPS) is 8.09. The van der Waals surface area contributed by atoms with Crippen LogP contribution >= 0.6 is 0 Å². The molecule has 0 fully saturated rings. The molecule has 0 bridgehead atoms. The van der Waals surface area contributed by atoms with Crippen molar-refractivity contribution in [2.75, 3.05) is 0 Å². The Kier molecular flexibility index (Phi) is 3.96. The summed E-state index contributed by atoms with van der Waals surface area (Å²) in [6.07, 6.45) is 6.89. The zero-order valence-corrected chi connectivity index (χ0v) is 7.48. The predicted molar refractivity (Wildman–Crippen MR) is 42.1 cm³/mol. The summed E-state index contributed by atoms with van der Waals surface area (Å²) < 4.78 is 0. The van der Waals surface area contributed by atoms with Crippen LogP contribution in [0.15, 0.2) is 18.2 Å². The van der Waals surface area contributed by atoms with E-state index in [0.717, 1.165) is 5.56 Å². The van der Waals surface area contributed by atoms with Gasteiger partial charge in [-0.1, -0.05) is 17.2 Å². The largest absolute Gasteiger partial charge is 1.00 e. The minimum atomic E-state index is 0. The second kappa shape index (κ2) is 4.23. The topological polar surface area (TPSA) is 0 Å². The van der Waals surface area contributed by atoms with E-state index in [9.17, 15) is 0 Å². The summed E-state index contributed by atoms with van der Waals surface area (Å²) in [4.78, 5) is 0. The predicted octanol–water partition coefficient (Wildman–Crippen LogP) is 2.24. The standard InChI is InChI=1S/C10H9.Cu/c1-4-10-6-8(2)5-9(3)7-10;/h5-7H,2-3H3;/q-1;+1. The first-order chi connectivity index (χ1) is 4.72. The van der Waals surface area contributed by atoms with E-state index in [4.69, 9.17) is 6.42 Å². The van der Waals surface area contributed by atoms with Gasteiger partial charge in [0, 0.05) is 0 Å². The van der Waals surface area contributed by atoms with E-state index in [2.05, 4.69) is 12.0 Å². The molecule has 0 nitrogen and oxygen atoms in total. The van der Waals surface area contributed by atoms with Crippen LogP contribution in [-0.2, 0) is 17.1 Å². The van der Waals surface area contributed by atoms with Crippen molar-refractivity contribution in [1.29, 1.82) is 0 Å². The molecule has 1 aromatic rings. The monoisotopic (exact) mass is 192 g/mol. The molecule has 60 valence electrons. The zero-order valence-electron chi connectivity index (χ0n) is 6.53. The smallest absolute Gasteiger partial charge is 0.366 e. The Morgan fingerprint density at radius 3 is 1.91 bits per heavy atom. The summed E-state index contributed by atoms with van der Waals surface area (Å²) in [6.45, 7) is 4.04. The van der Waals surface area contributed by atoms with Gasteiger partial charge in [0.05, 0.1) is 0 Å². The number of hydrogen-bond donors (Lipinski definition) is 0. The fourth-order valence-corrected chi connectivity index (χ4v) is 1.05. The van der Waals surface area contributed by atoms with Gasteiger partial charge < -0.3 is 6.42 Å². The van der Waals surface area contributed by atoms with Crippen LogP contribution < -0.4 is 0 Å². The molecule has 0 heterocycles. The Hall–Kier alpha value is -0.701. The van der Waals surface area contributed by atoms with Crippen molar-refractivity contribution in [2.24, 2.45) is 0 Å². The van der Waals surface area contributed by atoms with Crippen LogP contribution in [0.4, 0.5) is 0 Å². The van der Waals surface area contributed by atoms with Gasteiger partial charge in [0.15, 0.2) is 0 Å². The van der Waals surface area contributed by atoms with Crippen LogP contribution in [-0.4, -0.2) is 0 Å². The maximum absolute atomic E-state index is 6.89. The van der Waals surface area contributed by atoms with E-state index < -0.39 is 0 Å². The molecular weight excluding hydrogens is 184 g/mol. The van der Waals surface area contributed by atoms with Gasteiger partial charge in [0.25, 0.3) is 0 Å². The van der Waals surface area contributed by atoms with Crippen molar-refractivity contribution in [3.8, 4) is 5.92 Å². The van der Waals surface area contributed by atoms with Gasteiger partial charge in [0.2, 0.25) is 0 Å². The molecule has 1 heteroatoms. The van der Waals surface area contributed by atoms with Crippen LogP contribution in [0, 0.1) is 26.2 Å². The van der Waals surface area contributed by atoms with E-state index in [1.807, 2.05) is 26.0 Å². The van der Waals surface area contributed by atoms with Gasteiger partial charge >= 0.3 is 17.1 Å². The second-order valence-corrected chi connectivity index (χ2v) is 2.50. The molecule has 0 unspecified atom stereocenters. The van der Waals surface area contributed by atoms with E-state index in [1.54, 1.807) is 0 Å². The summed E-state index contributed by atoms with van der Waals surface area (Å²) in [6, 6.07) is 5.97. The van der Waals surface area contributed by atoms with Crippen molar-refractivity contribution in [2.45, 2.75) is 13.8 Å². The molecule has 0 aliphatic rings. The quantitative estimate of drug-likeness (QED) is 0.336. The van der Waals surface area contributed by atoms with Gasteiger partial charge in [-0.2, -0.15) is 0 Å². The Labute approximate surface area is 78.5 Å². The molecule has 11 heavy (non-hydrogen) atoms. The first kappa shape index (κ1) is 10.3. The molecule has 0 radical (unpaired) electrons. The molecule has 0 atom stereocenters. The molecule has 0 amide bonds. The summed E-state index contributed by atoms with van der Waals surface area (Å²) in [7, 11) is 0. The van der Waals surface area contributed by atoms with Gasteiger partial charge in [-0.3, -0.25) is 5.92 Å². The number of rotatable bonds is 0. The third kappa shape index (κ3) is 2.80. The third-order valence-electron chi connectivity index (χ3n) is 1.37. The Morgan fingerprint density at radius 1 is 1.09 bits per heavy atom. The molecule has 0 saturated heterocycles. The van der Waals surface area contributed by atoms with Crippen molar-refractivity contribution in [3.05, 3.63) is 41.3 Å². The van der Waals surface area contributed by atoms with Crippen molar-refractivity contribution >= 4 is 0 Å². The average Bonchev–Trinajstić information content (AvgIpc) is 1.85.